The van der Waals surface area contributed by atoms with Crippen LogP contribution >= 0.6 is 0 Å². The molecule has 0 aromatic carbocycles. The lowest BCUT2D eigenvalue weighted by atomic mass is 10.0. The van der Waals surface area contributed by atoms with Crippen molar-refractivity contribution in [3.05, 3.63) is 0 Å². The van der Waals surface area contributed by atoms with E-state index in [1.54, 1.807) is 0 Å². The Morgan fingerprint density at radius 3 is 3.06 bits per heavy atom. The maximum Gasteiger partial charge on any atom is 0.237 e. The number of hydrogen-bond donors (Lipinski definition) is 3. The molecule has 2 fully saturated rings. The number of nitrogens with one attached hydrogen (secondary N) is 2. The van der Waals surface area contributed by atoms with Crippen LogP contribution in [0.3, 0.4) is 0 Å². The number of carbonyl (C=O) groups excluding carboxylic acids is 1. The van der Waals surface area contributed by atoms with E-state index in [0.29, 0.717) is 25.6 Å². The largest absolute Gasteiger partial charge is 0.386 e. The number of hydrogen-bond acceptors (Lipinski definition) is 4. The first kappa shape index (κ1) is 11.8. The van der Waals surface area contributed by atoms with Gasteiger partial charge >= 0.3 is 0 Å². The predicted molar refractivity (Wildman–Crippen MR) is 59.0 cm³/mol. The third-order valence-corrected chi connectivity index (χ3v) is 3.49. The van der Waals surface area contributed by atoms with Crippen LogP contribution in [0.2, 0.25) is 0 Å². The van der Waals surface area contributed by atoms with E-state index >= 15 is 0 Å². The second-order valence-corrected chi connectivity index (χ2v) is 4.94. The monoisotopic (exact) mass is 228 g/mol. The van der Waals surface area contributed by atoms with E-state index in [1.807, 2.05) is 0 Å². The molecule has 1 amide bonds. The van der Waals surface area contributed by atoms with Crippen molar-refractivity contribution in [2.24, 2.45) is 5.92 Å². The molecule has 2 aliphatic rings. The van der Waals surface area contributed by atoms with E-state index in [1.165, 1.54) is 0 Å². The number of aliphatic hydroxyl groups is 1. The molecular weight excluding hydrogens is 208 g/mol. The molecule has 16 heavy (non-hydrogen) atoms. The van der Waals surface area contributed by atoms with Gasteiger partial charge in [-0.15, -0.1) is 0 Å². The molecule has 5 nitrogen and oxygen atoms in total. The molecule has 0 bridgehead atoms. The van der Waals surface area contributed by atoms with E-state index in [2.05, 4.69) is 17.6 Å². The Hall–Kier alpha value is -0.650. The summed E-state index contributed by atoms with van der Waals surface area (Å²) >= 11 is 0. The van der Waals surface area contributed by atoms with Crippen LogP contribution in [0.1, 0.15) is 19.8 Å². The third kappa shape index (κ3) is 2.53. The van der Waals surface area contributed by atoms with Crippen molar-refractivity contribution in [2.75, 3.05) is 26.3 Å². The molecule has 2 aliphatic heterocycles. The van der Waals surface area contributed by atoms with Crippen LogP contribution in [0.25, 0.3) is 0 Å². The highest BCUT2D eigenvalue weighted by Gasteiger charge is 2.35. The van der Waals surface area contributed by atoms with Gasteiger partial charge in [0.25, 0.3) is 0 Å². The van der Waals surface area contributed by atoms with Crippen molar-refractivity contribution in [1.82, 2.24) is 10.6 Å². The van der Waals surface area contributed by atoms with Crippen molar-refractivity contribution in [1.29, 1.82) is 0 Å². The quantitative estimate of drug-likeness (QED) is 0.594. The zero-order valence-electron chi connectivity index (χ0n) is 9.66. The topological polar surface area (TPSA) is 70.6 Å². The van der Waals surface area contributed by atoms with E-state index < -0.39 is 5.60 Å². The van der Waals surface area contributed by atoms with Gasteiger partial charge in [-0.25, -0.2) is 0 Å². The smallest absolute Gasteiger partial charge is 0.237 e. The van der Waals surface area contributed by atoms with Crippen LogP contribution in [0.4, 0.5) is 0 Å². The van der Waals surface area contributed by atoms with Gasteiger partial charge in [0.05, 0.1) is 12.6 Å². The number of amides is 1. The molecule has 2 rings (SSSR count). The minimum Gasteiger partial charge on any atom is -0.386 e. The molecule has 0 spiro atoms. The molecule has 0 aromatic heterocycles. The highest BCUT2D eigenvalue weighted by atomic mass is 16.5. The Morgan fingerprint density at radius 1 is 1.69 bits per heavy atom. The maximum atomic E-state index is 11.8. The number of rotatable bonds is 3. The summed E-state index contributed by atoms with van der Waals surface area (Å²) in [6.45, 7) is 4.15. The first-order chi connectivity index (χ1) is 7.61. The molecule has 0 aliphatic carbocycles. The van der Waals surface area contributed by atoms with Crippen molar-refractivity contribution in [2.45, 2.75) is 31.4 Å². The van der Waals surface area contributed by atoms with Gasteiger partial charge in [0.2, 0.25) is 5.91 Å². The Labute approximate surface area is 95.5 Å². The van der Waals surface area contributed by atoms with Gasteiger partial charge in [-0.1, -0.05) is 6.92 Å². The van der Waals surface area contributed by atoms with Crippen LogP contribution < -0.4 is 10.6 Å². The summed E-state index contributed by atoms with van der Waals surface area (Å²) in [5.41, 5.74) is -0.864. The van der Waals surface area contributed by atoms with Gasteiger partial charge in [0.1, 0.15) is 5.60 Å². The summed E-state index contributed by atoms with van der Waals surface area (Å²) in [5.74, 6) is 0.361. The van der Waals surface area contributed by atoms with Gasteiger partial charge in [-0.3, -0.25) is 4.79 Å². The summed E-state index contributed by atoms with van der Waals surface area (Å²) < 4.78 is 5.12. The minimum atomic E-state index is -0.864. The third-order valence-electron chi connectivity index (χ3n) is 3.49. The van der Waals surface area contributed by atoms with Gasteiger partial charge in [0.15, 0.2) is 0 Å². The van der Waals surface area contributed by atoms with E-state index in [4.69, 9.17) is 4.74 Å². The Bertz CT molecular complexity index is 264. The second-order valence-electron chi connectivity index (χ2n) is 4.94. The molecule has 3 atom stereocenters. The molecule has 3 N–H and O–H groups in total. The first-order valence-electron chi connectivity index (χ1n) is 5.92. The van der Waals surface area contributed by atoms with Gasteiger partial charge in [-0.2, -0.15) is 0 Å². The fourth-order valence-corrected chi connectivity index (χ4v) is 2.28. The van der Waals surface area contributed by atoms with Crippen molar-refractivity contribution >= 4 is 5.91 Å². The second kappa shape index (κ2) is 4.69. The van der Waals surface area contributed by atoms with Crippen molar-refractivity contribution < 1.29 is 14.6 Å². The highest BCUT2D eigenvalue weighted by Crippen LogP contribution is 2.18. The zero-order valence-corrected chi connectivity index (χ0v) is 9.66. The lowest BCUT2D eigenvalue weighted by Gasteiger charge is -2.23. The van der Waals surface area contributed by atoms with Crippen LogP contribution in [0.15, 0.2) is 0 Å². The summed E-state index contributed by atoms with van der Waals surface area (Å²) in [6, 6.07) is -0.106. The van der Waals surface area contributed by atoms with Crippen LogP contribution in [-0.4, -0.2) is 49.0 Å². The van der Waals surface area contributed by atoms with Crippen LogP contribution in [0, 0.1) is 5.92 Å². The zero-order chi connectivity index (χ0) is 11.6. The SMILES string of the molecule is CC1CCNC1C(=O)NCC1(O)CCOC1. The maximum absolute atomic E-state index is 11.8. The molecule has 3 unspecified atom stereocenters. The summed E-state index contributed by atoms with van der Waals surface area (Å²) in [5, 5.41) is 16.0. The molecule has 92 valence electrons. The van der Waals surface area contributed by atoms with E-state index in [-0.39, 0.29) is 18.5 Å². The number of ether oxygens (including phenoxy) is 1. The van der Waals surface area contributed by atoms with Crippen molar-refractivity contribution in [3.8, 4) is 0 Å². The minimum absolute atomic E-state index is 0.00896. The van der Waals surface area contributed by atoms with E-state index in [0.717, 1.165) is 13.0 Å². The van der Waals surface area contributed by atoms with Gasteiger partial charge < -0.3 is 20.5 Å². The lowest BCUT2D eigenvalue weighted by molar-refractivity contribution is -0.124. The molecule has 0 saturated carbocycles. The summed E-state index contributed by atoms with van der Waals surface area (Å²) in [6.07, 6.45) is 1.63. The molecule has 5 heteroatoms. The Kier molecular flexibility index (Phi) is 3.47. The molecule has 2 saturated heterocycles. The number of carbonyl (C=O) groups is 1. The Morgan fingerprint density at radius 2 is 2.50 bits per heavy atom. The normalized spacial score (nSPS) is 38.9. The van der Waals surface area contributed by atoms with Gasteiger partial charge in [0, 0.05) is 19.6 Å². The first-order valence-corrected chi connectivity index (χ1v) is 5.92. The van der Waals surface area contributed by atoms with E-state index in [9.17, 15) is 9.90 Å². The van der Waals surface area contributed by atoms with Crippen molar-refractivity contribution in [3.63, 3.8) is 0 Å². The van der Waals surface area contributed by atoms with Gasteiger partial charge in [-0.05, 0) is 18.9 Å². The van der Waals surface area contributed by atoms with Crippen LogP contribution in [-0.2, 0) is 9.53 Å². The average molecular weight is 228 g/mol. The van der Waals surface area contributed by atoms with Crippen LogP contribution in [0.5, 0.6) is 0 Å². The highest BCUT2D eigenvalue weighted by molar-refractivity contribution is 5.82. The fourth-order valence-electron chi connectivity index (χ4n) is 2.28. The fraction of sp³-hybridized carbons (Fsp3) is 0.909. The summed E-state index contributed by atoms with van der Waals surface area (Å²) in [7, 11) is 0. The molecule has 0 aromatic rings. The predicted octanol–water partition coefficient (Wildman–Crippen LogP) is -0.748. The average Bonchev–Trinajstić information content (AvgIpc) is 2.85. The summed E-state index contributed by atoms with van der Waals surface area (Å²) in [4.78, 5) is 11.8. The standard InChI is InChI=1S/C11H20N2O3/c1-8-2-4-12-9(8)10(14)13-6-11(15)3-5-16-7-11/h8-9,12,15H,2-7H2,1H3,(H,13,14). The lowest BCUT2D eigenvalue weighted by Crippen LogP contribution is -2.49. The molecule has 0 radical (unpaired) electrons. The Balaban J connectivity index is 1.79. The molecular formula is C11H20N2O3. The molecule has 2 heterocycles.